The van der Waals surface area contributed by atoms with E-state index in [9.17, 15) is 4.79 Å². The van der Waals surface area contributed by atoms with Crippen LogP contribution in [0.5, 0.6) is 0 Å². The van der Waals surface area contributed by atoms with Crippen molar-refractivity contribution >= 4 is 28.2 Å². The summed E-state index contributed by atoms with van der Waals surface area (Å²) in [7, 11) is 0. The first-order valence-corrected chi connectivity index (χ1v) is 7.32. The maximum atomic E-state index is 12.4. The van der Waals surface area contributed by atoms with E-state index in [-0.39, 0.29) is 5.91 Å². The lowest BCUT2D eigenvalue weighted by molar-refractivity contribution is 0.102. The van der Waals surface area contributed by atoms with Crippen molar-refractivity contribution in [2.45, 2.75) is 6.42 Å². The molecule has 1 amide bonds. The van der Waals surface area contributed by atoms with Crippen molar-refractivity contribution in [2.75, 3.05) is 17.2 Å². The third kappa shape index (κ3) is 2.29. The fourth-order valence-corrected chi connectivity index (χ4v) is 2.79. The minimum Gasteiger partial charge on any atom is -0.384 e. The quantitative estimate of drug-likeness (QED) is 0.759. The molecule has 0 radical (unpaired) electrons. The molecule has 2 N–H and O–H groups in total. The third-order valence-electron chi connectivity index (χ3n) is 3.93. The van der Waals surface area contributed by atoms with Crippen LogP contribution < -0.4 is 10.6 Å². The molecule has 4 rings (SSSR count). The van der Waals surface area contributed by atoms with Gasteiger partial charge >= 0.3 is 0 Å². The van der Waals surface area contributed by atoms with Crippen LogP contribution in [0.2, 0.25) is 0 Å². The van der Waals surface area contributed by atoms with Gasteiger partial charge in [0.25, 0.3) is 5.91 Å². The summed E-state index contributed by atoms with van der Waals surface area (Å²) in [5.41, 5.74) is 4.63. The Morgan fingerprint density at radius 3 is 3.00 bits per heavy atom. The molecule has 0 saturated carbocycles. The van der Waals surface area contributed by atoms with E-state index < -0.39 is 0 Å². The van der Waals surface area contributed by atoms with E-state index in [0.717, 1.165) is 29.6 Å². The Labute approximate surface area is 128 Å². The summed E-state index contributed by atoms with van der Waals surface area (Å²) in [6.45, 7) is 0.939. The summed E-state index contributed by atoms with van der Waals surface area (Å²) in [5.74, 6) is -0.105. The molecule has 3 aromatic rings. The van der Waals surface area contributed by atoms with E-state index >= 15 is 0 Å². The maximum absolute atomic E-state index is 12.4. The van der Waals surface area contributed by atoms with Crippen molar-refractivity contribution in [1.82, 2.24) is 4.98 Å². The number of nitrogens with zero attached hydrogens (tertiary/aromatic N) is 1. The number of amides is 1. The molecule has 2 aromatic carbocycles. The Morgan fingerprint density at radius 1 is 1.14 bits per heavy atom. The van der Waals surface area contributed by atoms with Crippen LogP contribution in [-0.4, -0.2) is 17.4 Å². The summed E-state index contributed by atoms with van der Waals surface area (Å²) >= 11 is 0. The maximum Gasteiger partial charge on any atom is 0.255 e. The van der Waals surface area contributed by atoms with E-state index in [2.05, 4.69) is 15.6 Å². The van der Waals surface area contributed by atoms with Gasteiger partial charge in [-0.15, -0.1) is 0 Å². The second kappa shape index (κ2) is 5.15. The minimum atomic E-state index is -0.105. The molecule has 0 saturated heterocycles. The van der Waals surface area contributed by atoms with Crippen LogP contribution in [-0.2, 0) is 6.42 Å². The van der Waals surface area contributed by atoms with Crippen LogP contribution >= 0.6 is 0 Å². The van der Waals surface area contributed by atoms with Gasteiger partial charge in [0.1, 0.15) is 0 Å². The number of fused-ring (bicyclic) bond motifs is 2. The molecule has 0 atom stereocenters. The number of benzene rings is 2. The number of hydrogen-bond donors (Lipinski definition) is 2. The predicted octanol–water partition coefficient (Wildman–Crippen LogP) is 3.46. The fourth-order valence-electron chi connectivity index (χ4n) is 2.79. The lowest BCUT2D eigenvalue weighted by Gasteiger charge is -2.07. The number of anilines is 2. The van der Waals surface area contributed by atoms with Gasteiger partial charge in [-0.1, -0.05) is 18.2 Å². The second-order valence-electron chi connectivity index (χ2n) is 5.42. The smallest absolute Gasteiger partial charge is 0.255 e. The molecule has 4 nitrogen and oxygen atoms in total. The average molecular weight is 289 g/mol. The highest BCUT2D eigenvalue weighted by Gasteiger charge is 2.13. The first kappa shape index (κ1) is 12.8. The predicted molar refractivity (Wildman–Crippen MR) is 88.3 cm³/mol. The van der Waals surface area contributed by atoms with Crippen molar-refractivity contribution < 1.29 is 4.79 Å². The van der Waals surface area contributed by atoms with E-state index in [4.69, 9.17) is 0 Å². The normalized spacial score (nSPS) is 12.7. The van der Waals surface area contributed by atoms with Crippen LogP contribution in [0, 0.1) is 0 Å². The number of rotatable bonds is 2. The zero-order valence-corrected chi connectivity index (χ0v) is 12.0. The van der Waals surface area contributed by atoms with Gasteiger partial charge < -0.3 is 10.6 Å². The molecule has 0 fully saturated rings. The molecule has 108 valence electrons. The highest BCUT2D eigenvalue weighted by Crippen LogP contribution is 2.23. The van der Waals surface area contributed by atoms with Gasteiger partial charge in [0.2, 0.25) is 0 Å². The molecule has 0 unspecified atom stereocenters. The number of hydrogen-bond acceptors (Lipinski definition) is 3. The van der Waals surface area contributed by atoms with Crippen molar-refractivity contribution in [2.24, 2.45) is 0 Å². The number of pyridine rings is 1. The summed E-state index contributed by atoms with van der Waals surface area (Å²) in [5, 5.41) is 7.23. The molecule has 22 heavy (non-hydrogen) atoms. The average Bonchev–Trinajstić information content (AvgIpc) is 3.02. The van der Waals surface area contributed by atoms with Gasteiger partial charge in [0.15, 0.2) is 0 Å². The lowest BCUT2D eigenvalue weighted by Crippen LogP contribution is -2.12. The highest BCUT2D eigenvalue weighted by atomic mass is 16.1. The Hall–Kier alpha value is -2.88. The molecular weight excluding hydrogens is 274 g/mol. The Kier molecular flexibility index (Phi) is 3.00. The second-order valence-corrected chi connectivity index (χ2v) is 5.42. The molecule has 4 heteroatoms. The molecule has 1 aliphatic heterocycles. The SMILES string of the molecule is O=C(Nc1cnc2ccccc2c1)c1ccc2c(c1)CCN2. The molecule has 1 aliphatic rings. The largest absolute Gasteiger partial charge is 0.384 e. The van der Waals surface area contributed by atoms with Gasteiger partial charge in [0.05, 0.1) is 17.4 Å². The van der Waals surface area contributed by atoms with E-state index in [0.29, 0.717) is 11.3 Å². The Balaban J connectivity index is 1.60. The third-order valence-corrected chi connectivity index (χ3v) is 3.93. The Bertz CT molecular complexity index is 873. The van der Waals surface area contributed by atoms with Gasteiger partial charge in [-0.2, -0.15) is 0 Å². The number of nitrogens with one attached hydrogen (secondary N) is 2. The molecule has 0 spiro atoms. The number of carbonyl (C=O) groups excluding carboxylic acids is 1. The lowest BCUT2D eigenvalue weighted by atomic mass is 10.1. The van der Waals surface area contributed by atoms with Gasteiger partial charge in [-0.3, -0.25) is 9.78 Å². The summed E-state index contributed by atoms with van der Waals surface area (Å²) in [6.07, 6.45) is 2.66. The first-order chi connectivity index (χ1) is 10.8. The van der Waals surface area contributed by atoms with Crippen LogP contribution in [0.1, 0.15) is 15.9 Å². The van der Waals surface area contributed by atoms with Gasteiger partial charge in [-0.05, 0) is 42.3 Å². The minimum absolute atomic E-state index is 0.105. The standard InChI is InChI=1S/C18H15N3O/c22-18(14-5-6-17-13(9-14)7-8-19-17)21-15-10-12-3-1-2-4-16(12)20-11-15/h1-6,9-11,19H,7-8H2,(H,21,22). The van der Waals surface area contributed by atoms with Gasteiger partial charge in [0, 0.05) is 23.2 Å². The summed E-state index contributed by atoms with van der Waals surface area (Å²) < 4.78 is 0. The molecule has 1 aromatic heterocycles. The van der Waals surface area contributed by atoms with Gasteiger partial charge in [-0.25, -0.2) is 0 Å². The topological polar surface area (TPSA) is 54.0 Å². The Morgan fingerprint density at radius 2 is 2.05 bits per heavy atom. The van der Waals surface area contributed by atoms with Crippen molar-refractivity contribution in [3.8, 4) is 0 Å². The number of carbonyl (C=O) groups is 1. The highest BCUT2D eigenvalue weighted by molar-refractivity contribution is 6.05. The fraction of sp³-hybridized carbons (Fsp3) is 0.111. The summed E-state index contributed by atoms with van der Waals surface area (Å²) in [6, 6.07) is 15.6. The molecule has 0 bridgehead atoms. The van der Waals surface area contributed by atoms with Crippen LogP contribution in [0.3, 0.4) is 0 Å². The van der Waals surface area contributed by atoms with Crippen molar-refractivity contribution in [3.05, 3.63) is 65.9 Å². The van der Waals surface area contributed by atoms with Crippen LogP contribution in [0.25, 0.3) is 10.9 Å². The monoisotopic (exact) mass is 289 g/mol. The zero-order valence-electron chi connectivity index (χ0n) is 12.0. The number of para-hydroxylation sites is 1. The number of aromatic nitrogens is 1. The zero-order chi connectivity index (χ0) is 14.9. The summed E-state index contributed by atoms with van der Waals surface area (Å²) in [4.78, 5) is 16.8. The van der Waals surface area contributed by atoms with Crippen LogP contribution in [0.4, 0.5) is 11.4 Å². The molecule has 0 aliphatic carbocycles. The van der Waals surface area contributed by atoms with E-state index in [1.807, 2.05) is 48.5 Å². The van der Waals surface area contributed by atoms with Crippen LogP contribution in [0.15, 0.2) is 54.7 Å². The van der Waals surface area contributed by atoms with Crippen molar-refractivity contribution in [1.29, 1.82) is 0 Å². The molecular formula is C18H15N3O. The van der Waals surface area contributed by atoms with E-state index in [1.165, 1.54) is 5.56 Å². The van der Waals surface area contributed by atoms with Crippen molar-refractivity contribution in [3.63, 3.8) is 0 Å². The van der Waals surface area contributed by atoms with E-state index in [1.54, 1.807) is 6.20 Å². The molecule has 2 heterocycles. The first-order valence-electron chi connectivity index (χ1n) is 7.32.